The highest BCUT2D eigenvalue weighted by Crippen LogP contribution is 2.29. The average molecular weight is 289 g/mol. The maximum absolute atomic E-state index is 5.86. The number of rotatable bonds is 6. The van der Waals surface area contributed by atoms with Crippen LogP contribution in [-0.4, -0.2) is 24.5 Å². The highest BCUT2D eigenvalue weighted by molar-refractivity contribution is 9.10. The van der Waals surface area contributed by atoms with E-state index >= 15 is 0 Å². The van der Waals surface area contributed by atoms with Crippen molar-refractivity contribution in [3.8, 4) is 0 Å². The second kappa shape index (κ2) is 6.42. The van der Waals surface area contributed by atoms with Crippen molar-refractivity contribution >= 4 is 15.9 Å². The summed E-state index contributed by atoms with van der Waals surface area (Å²) < 4.78 is 6.51. The van der Waals surface area contributed by atoms with Crippen molar-refractivity contribution < 1.29 is 4.42 Å². The molecule has 3 nitrogen and oxygen atoms in total. The van der Waals surface area contributed by atoms with Gasteiger partial charge in [0.1, 0.15) is 5.76 Å². The van der Waals surface area contributed by atoms with Gasteiger partial charge in [0, 0.05) is 12.6 Å². The molecule has 4 heteroatoms. The largest absolute Gasteiger partial charge is 0.466 e. The lowest BCUT2D eigenvalue weighted by Crippen LogP contribution is -2.38. The number of nitrogens with two attached hydrogens (primary N) is 1. The SMILES string of the molecule is CCC(CC)N(C)C(CN)c1occc1Br. The fourth-order valence-electron chi connectivity index (χ4n) is 2.12. The highest BCUT2D eigenvalue weighted by Gasteiger charge is 2.25. The third kappa shape index (κ3) is 2.87. The topological polar surface area (TPSA) is 42.4 Å². The molecule has 0 amide bonds. The van der Waals surface area contributed by atoms with Crippen LogP contribution in [0.4, 0.5) is 0 Å². The summed E-state index contributed by atoms with van der Waals surface area (Å²) in [7, 11) is 2.12. The molecular formula is C12H21BrN2O. The van der Waals surface area contributed by atoms with E-state index in [4.69, 9.17) is 10.2 Å². The van der Waals surface area contributed by atoms with Gasteiger partial charge in [0.25, 0.3) is 0 Å². The Bertz CT molecular complexity index is 310. The monoisotopic (exact) mass is 288 g/mol. The zero-order chi connectivity index (χ0) is 12.1. The molecule has 0 bridgehead atoms. The molecule has 1 aromatic heterocycles. The minimum absolute atomic E-state index is 0.147. The minimum Gasteiger partial charge on any atom is -0.466 e. The summed E-state index contributed by atoms with van der Waals surface area (Å²) in [4.78, 5) is 2.31. The van der Waals surface area contributed by atoms with Gasteiger partial charge >= 0.3 is 0 Å². The Morgan fingerprint density at radius 2 is 2.06 bits per heavy atom. The van der Waals surface area contributed by atoms with Gasteiger partial charge in [-0.25, -0.2) is 0 Å². The Labute approximate surface area is 106 Å². The van der Waals surface area contributed by atoms with Crippen LogP contribution < -0.4 is 5.73 Å². The van der Waals surface area contributed by atoms with Crippen molar-refractivity contribution in [2.75, 3.05) is 13.6 Å². The van der Waals surface area contributed by atoms with E-state index in [2.05, 4.69) is 41.7 Å². The maximum Gasteiger partial charge on any atom is 0.136 e. The molecule has 1 rings (SSSR count). The Morgan fingerprint density at radius 3 is 2.44 bits per heavy atom. The first-order valence-electron chi connectivity index (χ1n) is 5.80. The first-order chi connectivity index (χ1) is 7.65. The van der Waals surface area contributed by atoms with Gasteiger partial charge in [0.15, 0.2) is 0 Å². The van der Waals surface area contributed by atoms with Crippen LogP contribution in [0.5, 0.6) is 0 Å². The number of nitrogens with zero attached hydrogens (tertiary/aromatic N) is 1. The summed E-state index contributed by atoms with van der Waals surface area (Å²) >= 11 is 3.49. The molecular weight excluding hydrogens is 268 g/mol. The molecule has 0 aliphatic carbocycles. The van der Waals surface area contributed by atoms with E-state index in [1.165, 1.54) is 0 Å². The lowest BCUT2D eigenvalue weighted by Gasteiger charge is -2.32. The third-order valence-corrected chi connectivity index (χ3v) is 3.84. The van der Waals surface area contributed by atoms with Crippen molar-refractivity contribution in [2.45, 2.75) is 38.8 Å². The van der Waals surface area contributed by atoms with Crippen LogP contribution >= 0.6 is 15.9 Å². The molecule has 0 aliphatic rings. The molecule has 1 atom stereocenters. The molecule has 0 aliphatic heterocycles. The normalized spacial score (nSPS) is 13.7. The van der Waals surface area contributed by atoms with Crippen LogP contribution in [0, 0.1) is 0 Å². The van der Waals surface area contributed by atoms with E-state index in [1.807, 2.05) is 6.07 Å². The average Bonchev–Trinajstić information content (AvgIpc) is 2.68. The van der Waals surface area contributed by atoms with E-state index in [0.29, 0.717) is 12.6 Å². The molecule has 0 radical (unpaired) electrons. The van der Waals surface area contributed by atoms with E-state index in [9.17, 15) is 0 Å². The Hall–Kier alpha value is -0.320. The minimum atomic E-state index is 0.147. The van der Waals surface area contributed by atoms with E-state index in [1.54, 1.807) is 6.26 Å². The third-order valence-electron chi connectivity index (χ3n) is 3.18. The lowest BCUT2D eigenvalue weighted by atomic mass is 10.1. The second-order valence-electron chi connectivity index (χ2n) is 4.02. The summed E-state index contributed by atoms with van der Waals surface area (Å²) in [5, 5.41) is 0. The summed E-state index contributed by atoms with van der Waals surface area (Å²) in [5.74, 6) is 0.928. The predicted molar refractivity (Wildman–Crippen MR) is 70.3 cm³/mol. The Morgan fingerprint density at radius 1 is 1.44 bits per heavy atom. The number of hydrogen-bond donors (Lipinski definition) is 1. The lowest BCUT2D eigenvalue weighted by molar-refractivity contribution is 0.149. The van der Waals surface area contributed by atoms with Crippen LogP contribution in [0.15, 0.2) is 21.2 Å². The number of halogens is 1. The van der Waals surface area contributed by atoms with Gasteiger partial charge in [0.05, 0.1) is 16.8 Å². The Kier molecular flexibility index (Phi) is 5.52. The molecule has 0 fully saturated rings. The van der Waals surface area contributed by atoms with Crippen LogP contribution in [0.1, 0.15) is 38.5 Å². The maximum atomic E-state index is 5.86. The number of likely N-dealkylation sites (N-methyl/N-ethyl adjacent to an activating group) is 1. The van der Waals surface area contributed by atoms with Crippen LogP contribution in [-0.2, 0) is 0 Å². The first-order valence-corrected chi connectivity index (χ1v) is 6.59. The number of hydrogen-bond acceptors (Lipinski definition) is 3. The van der Waals surface area contributed by atoms with Crippen molar-refractivity contribution in [1.29, 1.82) is 0 Å². The van der Waals surface area contributed by atoms with Crippen molar-refractivity contribution in [3.63, 3.8) is 0 Å². The molecule has 16 heavy (non-hydrogen) atoms. The molecule has 2 N–H and O–H groups in total. The fourth-order valence-corrected chi connectivity index (χ4v) is 2.59. The zero-order valence-electron chi connectivity index (χ0n) is 10.2. The van der Waals surface area contributed by atoms with Gasteiger partial charge in [-0.2, -0.15) is 0 Å². The first kappa shape index (κ1) is 13.7. The standard InChI is InChI=1S/C12H21BrN2O/c1-4-9(5-2)15(3)11(8-14)12-10(13)6-7-16-12/h6-7,9,11H,4-5,8,14H2,1-3H3. The second-order valence-corrected chi connectivity index (χ2v) is 4.87. The molecule has 0 saturated carbocycles. The van der Waals surface area contributed by atoms with Gasteiger partial charge < -0.3 is 10.2 Å². The quantitative estimate of drug-likeness (QED) is 0.874. The van der Waals surface area contributed by atoms with E-state index < -0.39 is 0 Å². The summed E-state index contributed by atoms with van der Waals surface area (Å²) in [6.07, 6.45) is 3.95. The van der Waals surface area contributed by atoms with Crippen LogP contribution in [0.2, 0.25) is 0 Å². The molecule has 0 spiro atoms. The van der Waals surface area contributed by atoms with Gasteiger partial charge in [-0.05, 0) is 41.9 Å². The van der Waals surface area contributed by atoms with Crippen LogP contribution in [0.3, 0.4) is 0 Å². The van der Waals surface area contributed by atoms with Crippen molar-refractivity contribution in [1.82, 2.24) is 4.90 Å². The van der Waals surface area contributed by atoms with Gasteiger partial charge in [0.2, 0.25) is 0 Å². The highest BCUT2D eigenvalue weighted by atomic mass is 79.9. The number of furan rings is 1. The fraction of sp³-hybridized carbons (Fsp3) is 0.667. The molecule has 1 heterocycles. The summed E-state index contributed by atoms with van der Waals surface area (Å²) in [6.45, 7) is 4.98. The van der Waals surface area contributed by atoms with Gasteiger partial charge in [-0.1, -0.05) is 13.8 Å². The van der Waals surface area contributed by atoms with Gasteiger partial charge in [-0.3, -0.25) is 4.90 Å². The summed E-state index contributed by atoms with van der Waals surface area (Å²) in [6, 6.07) is 2.61. The predicted octanol–water partition coefficient (Wildman–Crippen LogP) is 3.16. The van der Waals surface area contributed by atoms with Crippen molar-refractivity contribution in [2.24, 2.45) is 5.73 Å². The van der Waals surface area contributed by atoms with E-state index in [0.717, 1.165) is 23.1 Å². The molecule has 92 valence electrons. The molecule has 0 saturated heterocycles. The van der Waals surface area contributed by atoms with Gasteiger partial charge in [-0.15, -0.1) is 0 Å². The molecule has 1 unspecified atom stereocenters. The van der Waals surface area contributed by atoms with Crippen LogP contribution in [0.25, 0.3) is 0 Å². The molecule has 0 aromatic carbocycles. The van der Waals surface area contributed by atoms with Crippen molar-refractivity contribution in [3.05, 3.63) is 22.6 Å². The Balaban J connectivity index is 2.86. The zero-order valence-corrected chi connectivity index (χ0v) is 11.8. The molecule has 1 aromatic rings. The smallest absolute Gasteiger partial charge is 0.136 e. The summed E-state index contributed by atoms with van der Waals surface area (Å²) in [5.41, 5.74) is 5.86. The van der Waals surface area contributed by atoms with E-state index in [-0.39, 0.29) is 6.04 Å².